The van der Waals surface area contributed by atoms with Gasteiger partial charge in [-0.1, -0.05) is 63.7 Å². The average molecular weight is 408 g/mol. The van der Waals surface area contributed by atoms with Gasteiger partial charge in [-0.05, 0) is 49.5 Å². The predicted octanol–water partition coefficient (Wildman–Crippen LogP) is 7.62. The third kappa shape index (κ3) is 6.57. The zero-order valence-corrected chi connectivity index (χ0v) is 16.7. The van der Waals surface area contributed by atoms with Crippen LogP contribution in [0.25, 0.3) is 0 Å². The first kappa shape index (κ1) is 23.4. The number of allylic oxidation sites excluding steroid dienone is 2. The Hall–Kier alpha value is -0.910. The third-order valence-corrected chi connectivity index (χ3v) is 6.02. The van der Waals surface area contributed by atoms with Crippen molar-refractivity contribution in [2.45, 2.75) is 95.7 Å². The minimum Gasteiger partial charge on any atom is -0.308 e. The van der Waals surface area contributed by atoms with Crippen molar-refractivity contribution in [3.05, 3.63) is 23.8 Å². The molecule has 0 radical (unpaired) electrons. The summed E-state index contributed by atoms with van der Waals surface area (Å²) in [5, 5.41) is 0. The topological polar surface area (TPSA) is 9.23 Å². The monoisotopic (exact) mass is 408 g/mol. The summed E-state index contributed by atoms with van der Waals surface area (Å²) in [6, 6.07) is 0. The Morgan fingerprint density at radius 1 is 1.00 bits per heavy atom. The summed E-state index contributed by atoms with van der Waals surface area (Å²) in [5.41, 5.74) is 1.09. The van der Waals surface area contributed by atoms with Crippen LogP contribution in [-0.4, -0.2) is 24.8 Å². The molecule has 1 fully saturated rings. The largest absolute Gasteiger partial charge is 0.422 e. The predicted molar refractivity (Wildman–Crippen MR) is 101 cm³/mol. The van der Waals surface area contributed by atoms with E-state index in [-0.39, 0.29) is 6.42 Å². The number of rotatable bonds is 11. The van der Waals surface area contributed by atoms with Crippen molar-refractivity contribution < 1.29 is 26.7 Å². The number of hydrogen-bond acceptors (Lipinski definition) is 1. The first-order valence-corrected chi connectivity index (χ1v) is 10.7. The van der Waals surface area contributed by atoms with Gasteiger partial charge in [-0.25, -0.2) is 4.39 Å². The minimum atomic E-state index is -4.81. The molecule has 28 heavy (non-hydrogen) atoms. The zero-order valence-electron chi connectivity index (χ0n) is 16.7. The number of alkyl halides is 5. The molecule has 0 aromatic heterocycles. The minimum absolute atomic E-state index is 0.112. The van der Waals surface area contributed by atoms with Crippen molar-refractivity contribution in [2.75, 3.05) is 6.67 Å². The quantitative estimate of drug-likeness (QED) is 0.252. The number of ether oxygens (including phenoxy) is 1. The van der Waals surface area contributed by atoms with E-state index in [9.17, 15) is 22.0 Å². The van der Waals surface area contributed by atoms with Crippen LogP contribution in [-0.2, 0) is 4.74 Å². The van der Waals surface area contributed by atoms with E-state index < -0.39 is 24.8 Å². The van der Waals surface area contributed by atoms with Crippen LogP contribution in [0.1, 0.15) is 77.6 Å². The highest BCUT2D eigenvalue weighted by molar-refractivity contribution is 5.27. The van der Waals surface area contributed by atoms with Crippen LogP contribution in [0.5, 0.6) is 0 Å². The van der Waals surface area contributed by atoms with E-state index in [1.807, 2.05) is 6.08 Å². The molecule has 0 N–H and O–H groups in total. The van der Waals surface area contributed by atoms with E-state index in [1.165, 1.54) is 57.4 Å². The van der Waals surface area contributed by atoms with Crippen molar-refractivity contribution in [1.82, 2.24) is 0 Å². The number of unbranched alkanes of at least 4 members (excludes halogenated alkanes) is 4. The van der Waals surface area contributed by atoms with Gasteiger partial charge in [-0.2, -0.15) is 17.6 Å². The molecule has 0 heterocycles. The van der Waals surface area contributed by atoms with Gasteiger partial charge in [-0.3, -0.25) is 0 Å². The Morgan fingerprint density at radius 3 is 2.25 bits per heavy atom. The SMILES string of the molecule is CCCCCCCC1CCC(C2=CCC(OC(F)(F)C(F)(F)CF)C=C2)CC1. The maximum absolute atomic E-state index is 13.4. The lowest BCUT2D eigenvalue weighted by Gasteiger charge is -2.32. The summed E-state index contributed by atoms with van der Waals surface area (Å²) in [5.74, 6) is -3.62. The standard InChI is InChI=1S/C22H33F5O/c1-2-3-4-5-6-7-17-8-10-18(11-9-17)19-12-14-20(15-13-19)28-22(26,27)21(24,25)16-23/h12-14,17-18,20H,2-11,15-16H2,1H3. The molecule has 6 heteroatoms. The summed E-state index contributed by atoms with van der Waals surface area (Å²) in [6.07, 6.45) is 11.4. The lowest BCUT2D eigenvalue weighted by Crippen LogP contribution is -2.46. The molecule has 2 aliphatic rings. The van der Waals surface area contributed by atoms with Crippen LogP contribution in [0.3, 0.4) is 0 Å². The molecule has 0 aromatic carbocycles. The smallest absolute Gasteiger partial charge is 0.308 e. The maximum Gasteiger partial charge on any atom is 0.422 e. The molecular formula is C22H33F5O. The first-order chi connectivity index (χ1) is 13.3. The van der Waals surface area contributed by atoms with Gasteiger partial charge in [0, 0.05) is 0 Å². The molecule has 162 valence electrons. The fraction of sp³-hybridized carbons (Fsp3) is 0.818. The lowest BCUT2D eigenvalue weighted by molar-refractivity contribution is -0.358. The highest BCUT2D eigenvalue weighted by Crippen LogP contribution is 2.40. The molecule has 0 spiro atoms. The second-order valence-electron chi connectivity index (χ2n) is 8.23. The van der Waals surface area contributed by atoms with E-state index in [2.05, 4.69) is 11.7 Å². The van der Waals surface area contributed by atoms with E-state index in [0.717, 1.165) is 24.3 Å². The Balaban J connectivity index is 1.72. The second kappa shape index (κ2) is 10.7. The molecule has 2 rings (SSSR count). The Bertz CT molecular complexity index is 521. The van der Waals surface area contributed by atoms with Gasteiger partial charge < -0.3 is 4.74 Å². The van der Waals surface area contributed by atoms with E-state index in [4.69, 9.17) is 0 Å². The molecule has 1 atom stereocenters. The van der Waals surface area contributed by atoms with Crippen LogP contribution >= 0.6 is 0 Å². The van der Waals surface area contributed by atoms with Crippen molar-refractivity contribution in [3.63, 3.8) is 0 Å². The Kier molecular flexibility index (Phi) is 8.97. The summed E-state index contributed by atoms with van der Waals surface area (Å²) in [7, 11) is 0. The van der Waals surface area contributed by atoms with Gasteiger partial charge in [-0.15, -0.1) is 0 Å². The highest BCUT2D eigenvalue weighted by atomic mass is 19.3. The molecule has 0 bridgehead atoms. The molecule has 1 unspecified atom stereocenters. The third-order valence-electron chi connectivity index (χ3n) is 6.02. The molecule has 0 amide bonds. The van der Waals surface area contributed by atoms with Gasteiger partial charge in [0.2, 0.25) is 0 Å². The van der Waals surface area contributed by atoms with Gasteiger partial charge >= 0.3 is 12.0 Å². The first-order valence-electron chi connectivity index (χ1n) is 10.7. The normalized spacial score (nSPS) is 26.4. The molecular weight excluding hydrogens is 375 g/mol. The van der Waals surface area contributed by atoms with Gasteiger partial charge in [0.05, 0.1) is 6.10 Å². The van der Waals surface area contributed by atoms with E-state index in [0.29, 0.717) is 5.92 Å². The maximum atomic E-state index is 13.4. The van der Waals surface area contributed by atoms with Crippen LogP contribution in [0.15, 0.2) is 23.8 Å². The fourth-order valence-electron chi connectivity index (χ4n) is 4.18. The molecule has 1 nitrogen and oxygen atoms in total. The summed E-state index contributed by atoms with van der Waals surface area (Å²) >= 11 is 0. The van der Waals surface area contributed by atoms with Crippen molar-refractivity contribution >= 4 is 0 Å². The second-order valence-corrected chi connectivity index (χ2v) is 8.23. The highest BCUT2D eigenvalue weighted by Gasteiger charge is 2.59. The molecule has 0 saturated heterocycles. The van der Waals surface area contributed by atoms with Crippen molar-refractivity contribution in [2.24, 2.45) is 11.8 Å². The van der Waals surface area contributed by atoms with Crippen LogP contribution in [0, 0.1) is 11.8 Å². The van der Waals surface area contributed by atoms with E-state index in [1.54, 1.807) is 6.08 Å². The zero-order chi connectivity index (χ0) is 20.6. The van der Waals surface area contributed by atoms with Crippen molar-refractivity contribution in [3.8, 4) is 0 Å². The van der Waals surface area contributed by atoms with Crippen molar-refractivity contribution in [1.29, 1.82) is 0 Å². The molecule has 1 saturated carbocycles. The van der Waals surface area contributed by atoms with Gasteiger partial charge in [0.1, 0.15) is 0 Å². The number of halogens is 5. The Morgan fingerprint density at radius 2 is 1.68 bits per heavy atom. The van der Waals surface area contributed by atoms with Crippen LogP contribution in [0.2, 0.25) is 0 Å². The summed E-state index contributed by atoms with van der Waals surface area (Å²) < 4.78 is 69.0. The van der Waals surface area contributed by atoms with E-state index >= 15 is 0 Å². The fourth-order valence-corrected chi connectivity index (χ4v) is 4.18. The van der Waals surface area contributed by atoms with Gasteiger partial charge in [0.15, 0.2) is 6.67 Å². The molecule has 0 aromatic rings. The summed E-state index contributed by atoms with van der Waals surface area (Å²) in [6.45, 7) is -0.228. The van der Waals surface area contributed by atoms with Crippen LogP contribution in [0.4, 0.5) is 22.0 Å². The average Bonchev–Trinajstić information content (AvgIpc) is 2.68. The molecule has 0 aliphatic heterocycles. The van der Waals surface area contributed by atoms with Crippen LogP contribution < -0.4 is 0 Å². The van der Waals surface area contributed by atoms with Gasteiger partial charge in [0.25, 0.3) is 0 Å². The Labute approximate surface area is 165 Å². The number of hydrogen-bond donors (Lipinski definition) is 0. The summed E-state index contributed by atoms with van der Waals surface area (Å²) in [4.78, 5) is 0. The molecule has 2 aliphatic carbocycles. The lowest BCUT2D eigenvalue weighted by atomic mass is 9.76.